The molecule has 3 heterocycles. The van der Waals surface area contributed by atoms with Gasteiger partial charge >= 0.3 is 12.4 Å². The summed E-state index contributed by atoms with van der Waals surface area (Å²) in [7, 11) is 1.43. The fraction of sp³-hybridized carbons (Fsp3) is 0.462. The lowest BCUT2D eigenvalue weighted by Gasteiger charge is -2.43. The number of thiocarbonyl (C=S) groups is 1. The molecule has 1 aromatic carbocycles. The molecule has 2 saturated heterocycles. The largest absolute Gasteiger partial charge is 0.490 e. The van der Waals surface area contributed by atoms with Gasteiger partial charge in [0.05, 0.1) is 17.4 Å². The number of pyridine rings is 1. The number of ether oxygens (including phenoxy) is 1. The number of carbonyl (C=O) groups is 1. The molecule has 7 nitrogen and oxygen atoms in total. The molecule has 1 amide bonds. The third kappa shape index (κ3) is 4.75. The first-order valence-corrected chi connectivity index (χ1v) is 12.9. The number of benzene rings is 1. The number of likely N-dealkylation sites (tertiary alicyclic amines) is 1. The highest BCUT2D eigenvalue weighted by molar-refractivity contribution is 7.81. The molecule has 2 atom stereocenters. The Morgan fingerprint density at radius 3 is 2.35 bits per heavy atom. The SMILES string of the molecule is CN1CCC(Oc2ccc(N3C(=S)N(c4cnc(C#N)c(C(F)(F)F)c4)C(=O)C34CCC4)cc2)CC1C(F)(F)F. The van der Waals surface area contributed by atoms with Gasteiger partial charge in [-0.25, -0.2) is 4.98 Å². The van der Waals surface area contributed by atoms with Gasteiger partial charge in [-0.3, -0.25) is 14.6 Å². The Morgan fingerprint density at radius 1 is 1.12 bits per heavy atom. The maximum absolute atomic E-state index is 13.6. The van der Waals surface area contributed by atoms with E-state index in [0.717, 1.165) is 11.1 Å². The molecule has 1 spiro atoms. The topological polar surface area (TPSA) is 72.7 Å². The van der Waals surface area contributed by atoms with Crippen LogP contribution in [0.3, 0.4) is 0 Å². The van der Waals surface area contributed by atoms with Crippen molar-refractivity contribution >= 4 is 34.6 Å². The summed E-state index contributed by atoms with van der Waals surface area (Å²) in [4.78, 5) is 21.1. The Hall–Kier alpha value is -3.44. The van der Waals surface area contributed by atoms with E-state index in [4.69, 9.17) is 22.2 Å². The summed E-state index contributed by atoms with van der Waals surface area (Å²) in [5, 5.41) is 9.02. The molecule has 1 aliphatic carbocycles. The van der Waals surface area contributed by atoms with E-state index in [2.05, 4.69) is 4.98 Å². The summed E-state index contributed by atoms with van der Waals surface area (Å²) in [5.74, 6) is -0.144. The van der Waals surface area contributed by atoms with E-state index >= 15 is 0 Å². The number of aromatic nitrogens is 1. The minimum atomic E-state index is -4.87. The Labute approximate surface area is 230 Å². The number of amides is 1. The second kappa shape index (κ2) is 9.88. The van der Waals surface area contributed by atoms with E-state index in [1.807, 2.05) is 0 Å². The second-order valence-electron chi connectivity index (χ2n) is 10.1. The third-order valence-electron chi connectivity index (χ3n) is 7.73. The number of carbonyl (C=O) groups excluding carboxylic acids is 1. The van der Waals surface area contributed by atoms with Crippen molar-refractivity contribution in [3.63, 3.8) is 0 Å². The summed E-state index contributed by atoms with van der Waals surface area (Å²) >= 11 is 5.59. The van der Waals surface area contributed by atoms with Gasteiger partial charge in [-0.1, -0.05) is 0 Å². The molecule has 212 valence electrons. The summed E-state index contributed by atoms with van der Waals surface area (Å²) in [6.45, 7) is 0.232. The first kappa shape index (κ1) is 28.1. The van der Waals surface area contributed by atoms with Crippen LogP contribution in [0.5, 0.6) is 5.75 Å². The quantitative estimate of drug-likeness (QED) is 0.351. The smallest absolute Gasteiger partial charge is 0.419 e. The summed E-state index contributed by atoms with van der Waals surface area (Å²) in [5.41, 5.74) is -2.88. The molecule has 3 aliphatic rings. The number of rotatable bonds is 4. The lowest BCUT2D eigenvalue weighted by Crippen LogP contribution is -2.55. The number of hydrogen-bond donors (Lipinski definition) is 0. The first-order valence-electron chi connectivity index (χ1n) is 12.5. The fourth-order valence-electron chi connectivity index (χ4n) is 5.50. The van der Waals surface area contributed by atoms with Crippen LogP contribution in [0.2, 0.25) is 0 Å². The number of alkyl halides is 6. The molecule has 2 aromatic rings. The van der Waals surface area contributed by atoms with Crippen molar-refractivity contribution in [2.75, 3.05) is 23.4 Å². The highest BCUT2D eigenvalue weighted by atomic mass is 32.1. The first-order chi connectivity index (χ1) is 18.8. The van der Waals surface area contributed by atoms with Crippen molar-refractivity contribution in [2.45, 2.75) is 62.1 Å². The van der Waals surface area contributed by atoms with Gasteiger partial charge < -0.3 is 9.64 Å². The molecule has 0 bridgehead atoms. The minimum Gasteiger partial charge on any atom is -0.490 e. The van der Waals surface area contributed by atoms with Crippen LogP contribution in [-0.2, 0) is 11.0 Å². The molecule has 2 unspecified atom stereocenters. The molecular weight excluding hydrogens is 560 g/mol. The maximum Gasteiger partial charge on any atom is 0.419 e. The highest BCUT2D eigenvalue weighted by Gasteiger charge is 2.59. The highest BCUT2D eigenvalue weighted by Crippen LogP contribution is 2.48. The number of nitriles is 1. The van der Waals surface area contributed by atoms with Crippen LogP contribution in [0, 0.1) is 11.3 Å². The lowest BCUT2D eigenvalue weighted by molar-refractivity contribution is -0.194. The van der Waals surface area contributed by atoms with Gasteiger partial charge in [0.15, 0.2) is 10.8 Å². The van der Waals surface area contributed by atoms with E-state index < -0.39 is 47.2 Å². The molecular formula is C26H23F6N5O2S. The molecule has 1 saturated carbocycles. The van der Waals surface area contributed by atoms with Crippen LogP contribution in [0.15, 0.2) is 36.5 Å². The zero-order chi connectivity index (χ0) is 29.0. The summed E-state index contributed by atoms with van der Waals surface area (Å²) in [6, 6.07) is 6.89. The normalized spacial score (nSPS) is 23.4. The van der Waals surface area contributed by atoms with Crippen molar-refractivity contribution in [3.05, 3.63) is 47.8 Å². The molecule has 1 aromatic heterocycles. The number of halogens is 6. The Kier molecular flexibility index (Phi) is 6.94. The average molecular weight is 584 g/mol. The fourth-order valence-corrected chi connectivity index (χ4v) is 5.96. The predicted octanol–water partition coefficient (Wildman–Crippen LogP) is 5.44. The zero-order valence-corrected chi connectivity index (χ0v) is 21.9. The van der Waals surface area contributed by atoms with Crippen LogP contribution in [0.4, 0.5) is 37.7 Å². The number of nitrogens with zero attached hydrogens (tertiary/aromatic N) is 5. The molecule has 40 heavy (non-hydrogen) atoms. The monoisotopic (exact) mass is 583 g/mol. The molecule has 2 aliphatic heterocycles. The Balaban J connectivity index is 1.40. The molecule has 3 fully saturated rings. The number of piperidine rings is 1. The number of hydrogen-bond acceptors (Lipinski definition) is 6. The van der Waals surface area contributed by atoms with E-state index in [9.17, 15) is 31.1 Å². The van der Waals surface area contributed by atoms with Crippen LogP contribution < -0.4 is 14.5 Å². The van der Waals surface area contributed by atoms with Crippen LogP contribution in [0.1, 0.15) is 43.4 Å². The summed E-state index contributed by atoms with van der Waals surface area (Å²) in [6.07, 6.45) is -7.09. The number of anilines is 2. The lowest BCUT2D eigenvalue weighted by atomic mass is 9.75. The predicted molar refractivity (Wildman–Crippen MR) is 136 cm³/mol. The Bertz CT molecular complexity index is 1370. The average Bonchev–Trinajstić information content (AvgIpc) is 3.10. The van der Waals surface area contributed by atoms with Crippen LogP contribution in [0.25, 0.3) is 0 Å². The van der Waals surface area contributed by atoms with Gasteiger partial charge in [-0.2, -0.15) is 31.6 Å². The van der Waals surface area contributed by atoms with Gasteiger partial charge in [-0.05, 0) is 75.3 Å². The molecule has 0 N–H and O–H groups in total. The van der Waals surface area contributed by atoms with E-state index in [1.165, 1.54) is 18.0 Å². The van der Waals surface area contributed by atoms with Gasteiger partial charge in [0.2, 0.25) is 0 Å². The van der Waals surface area contributed by atoms with Crippen LogP contribution in [-0.4, -0.2) is 58.4 Å². The third-order valence-corrected chi connectivity index (χ3v) is 8.10. The van der Waals surface area contributed by atoms with Gasteiger partial charge in [0.25, 0.3) is 5.91 Å². The Morgan fingerprint density at radius 2 is 1.80 bits per heavy atom. The van der Waals surface area contributed by atoms with Gasteiger partial charge in [0.1, 0.15) is 29.5 Å². The zero-order valence-electron chi connectivity index (χ0n) is 21.1. The van der Waals surface area contributed by atoms with Crippen molar-refractivity contribution in [1.82, 2.24) is 9.88 Å². The summed E-state index contributed by atoms with van der Waals surface area (Å²) < 4.78 is 86.6. The van der Waals surface area contributed by atoms with Crippen molar-refractivity contribution < 1.29 is 35.9 Å². The van der Waals surface area contributed by atoms with Crippen molar-refractivity contribution in [2.24, 2.45) is 0 Å². The van der Waals surface area contributed by atoms with Crippen molar-refractivity contribution in [1.29, 1.82) is 5.26 Å². The molecule has 0 radical (unpaired) electrons. The molecule has 14 heteroatoms. The maximum atomic E-state index is 13.6. The van der Waals surface area contributed by atoms with Crippen LogP contribution >= 0.6 is 12.2 Å². The van der Waals surface area contributed by atoms with Gasteiger partial charge in [0, 0.05) is 18.7 Å². The van der Waals surface area contributed by atoms with Crippen molar-refractivity contribution in [3.8, 4) is 11.8 Å². The van der Waals surface area contributed by atoms with Gasteiger partial charge in [-0.15, -0.1) is 0 Å². The second-order valence-corrected chi connectivity index (χ2v) is 10.5. The van der Waals surface area contributed by atoms with E-state index in [-0.39, 0.29) is 23.8 Å². The molecule has 5 rings (SSSR count). The minimum absolute atomic E-state index is 0.0404. The standard InChI is InChI=1S/C26H23F6N5O2S/c1-35-10-7-18(12-21(35)26(30,31)32)39-17-5-3-15(4-6-17)37-23(40)36(22(38)24(37)8-2-9-24)16-11-19(25(27,28)29)20(13-33)34-14-16/h3-6,11,14,18,21H,2,7-10,12H2,1H3. The van der Waals surface area contributed by atoms with E-state index in [1.54, 1.807) is 29.2 Å². The van der Waals surface area contributed by atoms with E-state index in [0.29, 0.717) is 43.2 Å².